The van der Waals surface area contributed by atoms with Crippen molar-refractivity contribution in [3.63, 3.8) is 0 Å². The minimum Gasteiger partial charge on any atom is -0.357 e. The first kappa shape index (κ1) is 23.1. The molecule has 2 N–H and O–H groups in total. The molecule has 0 amide bonds. The van der Waals surface area contributed by atoms with Gasteiger partial charge in [0.25, 0.3) is 0 Å². The van der Waals surface area contributed by atoms with E-state index in [2.05, 4.69) is 22.5 Å². The highest BCUT2D eigenvalue weighted by Gasteiger charge is 2.38. The molecule has 0 bridgehead atoms. The molecule has 1 aliphatic carbocycles. The zero-order chi connectivity index (χ0) is 21.5. The summed E-state index contributed by atoms with van der Waals surface area (Å²) < 4.78 is 23.3. The molecule has 0 unspecified atom stereocenters. The fourth-order valence-corrected chi connectivity index (χ4v) is 5.42. The Balaban J connectivity index is 1.66. The van der Waals surface area contributed by atoms with Gasteiger partial charge in [0.2, 0.25) is 0 Å². The molecule has 0 atom stereocenters. The van der Waals surface area contributed by atoms with Gasteiger partial charge in [0.05, 0.1) is 11.4 Å². The summed E-state index contributed by atoms with van der Waals surface area (Å²) in [6, 6.07) is 7.02. The molecule has 1 saturated heterocycles. The third-order valence-corrected chi connectivity index (χ3v) is 7.64. The van der Waals surface area contributed by atoms with Crippen molar-refractivity contribution in [1.29, 1.82) is 0 Å². The lowest BCUT2D eigenvalue weighted by molar-refractivity contribution is 0.0368. The van der Waals surface area contributed by atoms with E-state index in [4.69, 9.17) is 4.99 Å². The number of benzene rings is 1. The molecule has 1 aromatic rings. The Bertz CT molecular complexity index is 793. The van der Waals surface area contributed by atoms with Crippen LogP contribution in [0.15, 0.2) is 34.2 Å². The van der Waals surface area contributed by atoms with Crippen molar-refractivity contribution in [3.8, 4) is 0 Å². The number of piperidine rings is 1. The summed E-state index contributed by atoms with van der Waals surface area (Å²) in [5.41, 5.74) is 1.26. The average molecular weight is 435 g/mol. The van der Waals surface area contributed by atoms with E-state index in [1.807, 2.05) is 12.1 Å². The molecule has 2 fully saturated rings. The molecule has 1 saturated carbocycles. The van der Waals surface area contributed by atoms with Gasteiger partial charge in [-0.25, -0.2) is 13.4 Å². The number of aliphatic imine (C=N–C) groups is 1. The van der Waals surface area contributed by atoms with E-state index in [0.717, 1.165) is 24.6 Å². The minimum absolute atomic E-state index is 0.256. The smallest absolute Gasteiger partial charge is 0.191 e. The largest absolute Gasteiger partial charge is 0.357 e. The van der Waals surface area contributed by atoms with Gasteiger partial charge in [-0.05, 0) is 63.4 Å². The number of sulfone groups is 1. The lowest BCUT2D eigenvalue weighted by Gasteiger charge is -2.48. The van der Waals surface area contributed by atoms with E-state index in [0.29, 0.717) is 11.4 Å². The fourth-order valence-electron chi connectivity index (χ4n) is 4.79. The van der Waals surface area contributed by atoms with Crippen molar-refractivity contribution in [2.75, 3.05) is 32.4 Å². The number of nitrogens with zero attached hydrogens (tertiary/aromatic N) is 2. The molecule has 168 valence electrons. The lowest BCUT2D eigenvalue weighted by atomic mass is 9.79. The van der Waals surface area contributed by atoms with E-state index in [9.17, 15) is 8.42 Å². The molecule has 0 radical (unpaired) electrons. The van der Waals surface area contributed by atoms with Crippen molar-refractivity contribution < 1.29 is 8.42 Å². The average Bonchev–Trinajstić information content (AvgIpc) is 2.76. The van der Waals surface area contributed by atoms with Crippen molar-refractivity contribution in [3.05, 3.63) is 29.8 Å². The molecular weight excluding hydrogens is 396 g/mol. The summed E-state index contributed by atoms with van der Waals surface area (Å²) >= 11 is 0. The van der Waals surface area contributed by atoms with Crippen molar-refractivity contribution in [2.45, 2.75) is 75.3 Å². The number of nitrogens with one attached hydrogen (secondary N) is 2. The monoisotopic (exact) mass is 434 g/mol. The highest BCUT2D eigenvalue weighted by Crippen LogP contribution is 2.35. The molecule has 6 nitrogen and oxygen atoms in total. The van der Waals surface area contributed by atoms with Gasteiger partial charge >= 0.3 is 0 Å². The highest BCUT2D eigenvalue weighted by atomic mass is 32.2. The van der Waals surface area contributed by atoms with Crippen molar-refractivity contribution in [1.82, 2.24) is 15.5 Å². The van der Waals surface area contributed by atoms with Crippen LogP contribution in [0.1, 0.15) is 63.9 Å². The number of rotatable bonds is 7. The predicted molar refractivity (Wildman–Crippen MR) is 124 cm³/mol. The zero-order valence-electron chi connectivity index (χ0n) is 18.6. The number of hydrogen-bond acceptors (Lipinski definition) is 4. The Morgan fingerprint density at radius 2 is 1.63 bits per heavy atom. The van der Waals surface area contributed by atoms with Gasteiger partial charge in [-0.3, -0.25) is 4.90 Å². The second-order valence-electron chi connectivity index (χ2n) is 8.80. The molecule has 3 rings (SSSR count). The first-order valence-corrected chi connectivity index (χ1v) is 13.4. The first-order chi connectivity index (χ1) is 14.4. The van der Waals surface area contributed by atoms with Crippen LogP contribution in [-0.4, -0.2) is 57.3 Å². The molecular formula is C23H38N4O2S. The Morgan fingerprint density at radius 3 is 2.23 bits per heavy atom. The van der Waals surface area contributed by atoms with Crippen LogP contribution in [0.4, 0.5) is 0 Å². The Kier molecular flexibility index (Phi) is 8.17. The molecule has 1 aliphatic heterocycles. The fraction of sp³-hybridized carbons (Fsp3) is 0.696. The van der Waals surface area contributed by atoms with Crippen LogP contribution >= 0.6 is 0 Å². The van der Waals surface area contributed by atoms with Crippen LogP contribution < -0.4 is 10.6 Å². The SMILES string of the molecule is CCNC(=NCc1ccc(S(C)(=O)=O)cc1)NCC1(N2CCCCC2)CCCCC1. The molecule has 2 aliphatic rings. The van der Waals surface area contributed by atoms with E-state index >= 15 is 0 Å². The topological polar surface area (TPSA) is 73.8 Å². The summed E-state index contributed by atoms with van der Waals surface area (Å²) in [5, 5.41) is 7.01. The van der Waals surface area contributed by atoms with E-state index in [1.54, 1.807) is 12.1 Å². The molecule has 7 heteroatoms. The van der Waals surface area contributed by atoms with E-state index in [-0.39, 0.29) is 5.54 Å². The molecule has 1 heterocycles. The van der Waals surface area contributed by atoms with Crippen molar-refractivity contribution >= 4 is 15.8 Å². The normalized spacial score (nSPS) is 20.7. The number of likely N-dealkylation sites (tertiary alicyclic amines) is 1. The molecule has 1 aromatic carbocycles. The number of hydrogen-bond donors (Lipinski definition) is 2. The minimum atomic E-state index is -3.16. The maximum atomic E-state index is 11.6. The summed E-state index contributed by atoms with van der Waals surface area (Å²) in [5.74, 6) is 0.839. The van der Waals surface area contributed by atoms with Gasteiger partial charge in [0, 0.05) is 24.9 Å². The van der Waals surface area contributed by atoms with Crippen molar-refractivity contribution in [2.24, 2.45) is 4.99 Å². The summed E-state index contributed by atoms with van der Waals surface area (Å²) in [7, 11) is -3.16. The third kappa shape index (κ3) is 6.20. The van der Waals surface area contributed by atoms with Crippen LogP contribution in [0.3, 0.4) is 0 Å². The van der Waals surface area contributed by atoms with Crippen LogP contribution in [0.2, 0.25) is 0 Å². The molecule has 30 heavy (non-hydrogen) atoms. The standard InChI is InChI=1S/C23H38N4O2S/c1-3-24-22(25-18-20-10-12-21(13-11-20)30(2,28)29)26-19-23(14-6-4-7-15-23)27-16-8-5-9-17-27/h10-13H,3-9,14-19H2,1-2H3,(H2,24,25,26). The predicted octanol–water partition coefficient (Wildman–Crippen LogP) is 3.33. The second kappa shape index (κ2) is 10.6. The Labute approximate surface area is 182 Å². The summed E-state index contributed by atoms with van der Waals surface area (Å²) in [6.07, 6.45) is 11.8. The van der Waals surface area contributed by atoms with Gasteiger partial charge in [0.1, 0.15) is 0 Å². The van der Waals surface area contributed by atoms with E-state index < -0.39 is 9.84 Å². The second-order valence-corrected chi connectivity index (χ2v) is 10.8. The molecule has 0 spiro atoms. The van der Waals surface area contributed by atoms with Crippen LogP contribution in [0, 0.1) is 0 Å². The quantitative estimate of drug-likeness (QED) is 0.509. The van der Waals surface area contributed by atoms with Gasteiger partial charge in [0.15, 0.2) is 15.8 Å². The van der Waals surface area contributed by atoms with Gasteiger partial charge in [-0.15, -0.1) is 0 Å². The van der Waals surface area contributed by atoms with E-state index in [1.165, 1.54) is 70.7 Å². The maximum absolute atomic E-state index is 11.6. The number of guanidine groups is 1. The zero-order valence-corrected chi connectivity index (χ0v) is 19.4. The van der Waals surface area contributed by atoms with Crippen LogP contribution in [-0.2, 0) is 16.4 Å². The van der Waals surface area contributed by atoms with Gasteiger partial charge < -0.3 is 10.6 Å². The van der Waals surface area contributed by atoms with Gasteiger partial charge in [-0.2, -0.15) is 0 Å². The summed E-state index contributed by atoms with van der Waals surface area (Å²) in [4.78, 5) is 7.86. The van der Waals surface area contributed by atoms with Crippen LogP contribution in [0.25, 0.3) is 0 Å². The summed E-state index contributed by atoms with van der Waals surface area (Å²) in [6.45, 7) is 6.81. The Morgan fingerprint density at radius 1 is 1.00 bits per heavy atom. The van der Waals surface area contributed by atoms with Crippen LogP contribution in [0.5, 0.6) is 0 Å². The lowest BCUT2D eigenvalue weighted by Crippen LogP contribution is -2.59. The highest BCUT2D eigenvalue weighted by molar-refractivity contribution is 7.90. The molecule has 0 aromatic heterocycles. The van der Waals surface area contributed by atoms with Gasteiger partial charge in [-0.1, -0.05) is 37.8 Å². The first-order valence-electron chi connectivity index (χ1n) is 11.5. The third-order valence-electron chi connectivity index (χ3n) is 6.51. The maximum Gasteiger partial charge on any atom is 0.191 e. The Hall–Kier alpha value is -1.60.